The third kappa shape index (κ3) is 4.01. The number of esters is 1. The van der Waals surface area contributed by atoms with Crippen LogP contribution >= 0.6 is 34.2 Å². The van der Waals surface area contributed by atoms with Crippen LogP contribution in [-0.4, -0.2) is 17.6 Å². The van der Waals surface area contributed by atoms with Crippen molar-refractivity contribution in [3.05, 3.63) is 26.6 Å². The number of rotatable bonds is 5. The molecular weight excluding hydrogens is 378 g/mol. The zero-order valence-electron chi connectivity index (χ0n) is 9.55. The van der Waals surface area contributed by atoms with Crippen LogP contribution in [-0.2, 0) is 21.8 Å². The fourth-order valence-corrected chi connectivity index (χ4v) is 2.43. The summed E-state index contributed by atoms with van der Waals surface area (Å²) in [5.74, 6) is -0.467. The summed E-state index contributed by atoms with van der Waals surface area (Å²) in [4.78, 5) is 15.3. The van der Waals surface area contributed by atoms with Gasteiger partial charge in [-0.2, -0.15) is 0 Å². The number of carbonyl (C=O) groups excluding carboxylic acids is 1. The van der Waals surface area contributed by atoms with Gasteiger partial charge in [-0.05, 0) is 35.6 Å². The van der Waals surface area contributed by atoms with Gasteiger partial charge in [0, 0.05) is 9.13 Å². The van der Waals surface area contributed by atoms with Crippen molar-refractivity contribution in [1.29, 1.82) is 0 Å². The molecule has 0 aliphatic rings. The van der Waals surface area contributed by atoms with Crippen LogP contribution < -0.4 is 0 Å². The first-order chi connectivity index (χ1) is 8.49. The first-order valence-electron chi connectivity index (χ1n) is 5.17. The van der Waals surface area contributed by atoms with Crippen molar-refractivity contribution in [2.45, 2.75) is 25.7 Å². The van der Waals surface area contributed by atoms with E-state index in [0.717, 1.165) is 0 Å². The molecule has 1 aromatic heterocycles. The SMILES string of the molecule is CCOC(=O)Cc1nc(CCl)c(I)cc1C(F)F. The van der Waals surface area contributed by atoms with Gasteiger partial charge in [0.05, 0.1) is 30.3 Å². The number of alkyl halides is 3. The molecule has 0 N–H and O–H groups in total. The average Bonchev–Trinajstić information content (AvgIpc) is 2.30. The molecule has 7 heteroatoms. The number of aromatic nitrogens is 1. The summed E-state index contributed by atoms with van der Waals surface area (Å²) in [5.41, 5.74) is 0.266. The fraction of sp³-hybridized carbons (Fsp3) is 0.455. The predicted octanol–water partition coefficient (Wildman–Crippen LogP) is 3.47. The van der Waals surface area contributed by atoms with Crippen molar-refractivity contribution >= 4 is 40.2 Å². The van der Waals surface area contributed by atoms with Gasteiger partial charge < -0.3 is 4.74 Å². The average molecular weight is 390 g/mol. The Morgan fingerprint density at radius 2 is 2.22 bits per heavy atom. The lowest BCUT2D eigenvalue weighted by Gasteiger charge is -2.11. The Kier molecular flexibility index (Phi) is 6.20. The van der Waals surface area contributed by atoms with E-state index in [1.54, 1.807) is 6.92 Å². The maximum absolute atomic E-state index is 12.9. The van der Waals surface area contributed by atoms with Crippen LogP contribution in [0.5, 0.6) is 0 Å². The monoisotopic (exact) mass is 389 g/mol. The van der Waals surface area contributed by atoms with Crippen LogP contribution in [0, 0.1) is 3.57 Å². The molecule has 1 heterocycles. The third-order valence-electron chi connectivity index (χ3n) is 2.14. The zero-order valence-corrected chi connectivity index (χ0v) is 12.5. The number of hydrogen-bond donors (Lipinski definition) is 0. The Hall–Kier alpha value is -0.500. The summed E-state index contributed by atoms with van der Waals surface area (Å²) in [6, 6.07) is 1.31. The standard InChI is InChI=1S/C11H11ClF2INO2/c1-2-18-10(17)4-8-6(11(13)14)3-7(15)9(5-12)16-8/h3,11H,2,4-5H2,1H3. The van der Waals surface area contributed by atoms with E-state index >= 15 is 0 Å². The summed E-state index contributed by atoms with van der Waals surface area (Å²) in [5, 5.41) is 0. The Morgan fingerprint density at radius 1 is 1.56 bits per heavy atom. The summed E-state index contributed by atoms with van der Waals surface area (Å²) in [7, 11) is 0. The van der Waals surface area contributed by atoms with Crippen molar-refractivity contribution in [3.8, 4) is 0 Å². The topological polar surface area (TPSA) is 39.2 Å². The van der Waals surface area contributed by atoms with Crippen LogP contribution in [0.4, 0.5) is 8.78 Å². The first kappa shape index (κ1) is 15.6. The predicted molar refractivity (Wildman–Crippen MR) is 71.8 cm³/mol. The van der Waals surface area contributed by atoms with Crippen molar-refractivity contribution in [2.24, 2.45) is 0 Å². The highest BCUT2D eigenvalue weighted by Gasteiger charge is 2.19. The lowest BCUT2D eigenvalue weighted by molar-refractivity contribution is -0.142. The van der Waals surface area contributed by atoms with Crippen LogP contribution in [0.3, 0.4) is 0 Å². The maximum atomic E-state index is 12.9. The van der Waals surface area contributed by atoms with Gasteiger partial charge >= 0.3 is 5.97 Å². The van der Waals surface area contributed by atoms with Crippen LogP contribution in [0.2, 0.25) is 0 Å². The zero-order chi connectivity index (χ0) is 13.7. The molecule has 0 saturated carbocycles. The largest absolute Gasteiger partial charge is 0.466 e. The minimum absolute atomic E-state index is 0.0273. The van der Waals surface area contributed by atoms with E-state index in [0.29, 0.717) is 9.26 Å². The van der Waals surface area contributed by atoms with Gasteiger partial charge in [-0.15, -0.1) is 11.6 Å². The molecule has 0 atom stereocenters. The molecule has 0 aromatic carbocycles. The van der Waals surface area contributed by atoms with E-state index in [1.807, 2.05) is 22.6 Å². The molecule has 1 rings (SSSR count). The van der Waals surface area contributed by atoms with Gasteiger partial charge in [0.1, 0.15) is 0 Å². The second-order valence-corrected chi connectivity index (χ2v) is 4.80. The molecule has 0 aliphatic carbocycles. The third-order valence-corrected chi connectivity index (χ3v) is 3.33. The Bertz CT molecular complexity index is 443. The number of carbonyl (C=O) groups is 1. The fourth-order valence-electron chi connectivity index (χ4n) is 1.36. The highest BCUT2D eigenvalue weighted by atomic mass is 127. The van der Waals surface area contributed by atoms with E-state index in [9.17, 15) is 13.6 Å². The molecule has 0 radical (unpaired) electrons. The van der Waals surface area contributed by atoms with Crippen molar-refractivity contribution in [2.75, 3.05) is 6.61 Å². The van der Waals surface area contributed by atoms with Crippen LogP contribution in [0.15, 0.2) is 6.07 Å². The molecular formula is C11H11ClF2INO2. The highest BCUT2D eigenvalue weighted by Crippen LogP contribution is 2.26. The maximum Gasteiger partial charge on any atom is 0.311 e. The second kappa shape index (κ2) is 7.18. The van der Waals surface area contributed by atoms with Crippen LogP contribution in [0.25, 0.3) is 0 Å². The molecule has 0 bridgehead atoms. The molecule has 18 heavy (non-hydrogen) atoms. The molecule has 3 nitrogen and oxygen atoms in total. The summed E-state index contributed by atoms with van der Waals surface area (Å²) in [6.45, 7) is 1.85. The second-order valence-electron chi connectivity index (χ2n) is 3.37. The van der Waals surface area contributed by atoms with Gasteiger partial charge in [0.15, 0.2) is 0 Å². The van der Waals surface area contributed by atoms with Gasteiger partial charge in [0.2, 0.25) is 0 Å². The smallest absolute Gasteiger partial charge is 0.311 e. The number of halogens is 4. The van der Waals surface area contributed by atoms with Crippen molar-refractivity contribution in [1.82, 2.24) is 4.98 Å². The lowest BCUT2D eigenvalue weighted by Crippen LogP contribution is -2.12. The van der Waals surface area contributed by atoms with Crippen molar-refractivity contribution < 1.29 is 18.3 Å². The van der Waals surface area contributed by atoms with Crippen LogP contribution in [0.1, 0.15) is 30.3 Å². The lowest BCUT2D eigenvalue weighted by atomic mass is 10.1. The first-order valence-corrected chi connectivity index (χ1v) is 6.78. The minimum atomic E-state index is -2.68. The molecule has 0 spiro atoms. The molecule has 0 saturated heterocycles. The van der Waals surface area contributed by atoms with Gasteiger partial charge in [0.25, 0.3) is 6.43 Å². The highest BCUT2D eigenvalue weighted by molar-refractivity contribution is 14.1. The van der Waals surface area contributed by atoms with E-state index in [1.165, 1.54) is 6.07 Å². The number of pyridine rings is 1. The Labute approximate surface area is 122 Å². The van der Waals surface area contributed by atoms with E-state index in [-0.39, 0.29) is 30.2 Å². The van der Waals surface area contributed by atoms with Gasteiger partial charge in [-0.25, -0.2) is 8.78 Å². The quantitative estimate of drug-likeness (QED) is 0.440. The normalized spacial score (nSPS) is 10.8. The Balaban J connectivity index is 3.10. The molecule has 100 valence electrons. The van der Waals surface area contributed by atoms with Crippen molar-refractivity contribution in [3.63, 3.8) is 0 Å². The summed E-state index contributed by atoms with van der Waals surface area (Å²) >= 11 is 7.55. The summed E-state index contributed by atoms with van der Waals surface area (Å²) in [6.07, 6.45) is -2.95. The number of hydrogen-bond acceptors (Lipinski definition) is 3. The molecule has 0 aliphatic heterocycles. The molecule has 1 aromatic rings. The molecule has 0 fully saturated rings. The van der Waals surface area contributed by atoms with E-state index in [4.69, 9.17) is 16.3 Å². The van der Waals surface area contributed by atoms with Gasteiger partial charge in [-0.1, -0.05) is 0 Å². The number of nitrogens with zero attached hydrogens (tertiary/aromatic N) is 1. The molecule has 0 amide bonds. The van der Waals surface area contributed by atoms with Gasteiger partial charge in [-0.3, -0.25) is 9.78 Å². The minimum Gasteiger partial charge on any atom is -0.466 e. The number of ether oxygens (including phenoxy) is 1. The van der Waals surface area contributed by atoms with E-state index < -0.39 is 12.4 Å². The molecule has 0 unspecified atom stereocenters. The Morgan fingerprint density at radius 3 is 2.72 bits per heavy atom. The van der Waals surface area contributed by atoms with E-state index in [2.05, 4.69) is 4.98 Å². The summed E-state index contributed by atoms with van der Waals surface area (Å²) < 4.78 is 31.0.